The van der Waals surface area contributed by atoms with Crippen LogP contribution in [0.15, 0.2) is 0 Å². The van der Waals surface area contributed by atoms with Gasteiger partial charge in [0.25, 0.3) is 11.6 Å². The van der Waals surface area contributed by atoms with E-state index in [1.54, 1.807) is 0 Å². The third kappa shape index (κ3) is 2.89. The van der Waals surface area contributed by atoms with E-state index in [0.29, 0.717) is 0 Å². The fourth-order valence-electron chi connectivity index (χ4n) is 1.23. The summed E-state index contributed by atoms with van der Waals surface area (Å²) in [5.74, 6) is -4.56. The Bertz CT molecular complexity index is 622. The van der Waals surface area contributed by atoms with E-state index in [2.05, 4.69) is 9.97 Å². The predicted octanol–water partition coefficient (Wildman–Crippen LogP) is -0.451. The molecule has 16 nitrogen and oxygen atoms in total. The van der Waals surface area contributed by atoms with Crippen LogP contribution in [-0.4, -0.2) is 44.0 Å². The molecule has 0 aliphatic heterocycles. The molecule has 1 aromatic heterocycles. The standard InChI is InChI=1S/C6H6N8O8/c1-9(13(19)20)3-5(11(15)16)8-6(12(17)18)4(7-3)10(2)14(21)22/h1-2H3. The highest BCUT2D eigenvalue weighted by atomic mass is 16.7. The Balaban J connectivity index is 3.73. The second kappa shape index (κ2) is 5.73. The lowest BCUT2D eigenvalue weighted by molar-refractivity contribution is -0.494. The van der Waals surface area contributed by atoms with Crippen LogP contribution in [0, 0.1) is 40.5 Å². The summed E-state index contributed by atoms with van der Waals surface area (Å²) in [4.78, 5) is 46.8. The molecular weight excluding hydrogens is 312 g/mol. The van der Waals surface area contributed by atoms with Crippen molar-refractivity contribution in [2.75, 3.05) is 24.1 Å². The van der Waals surface area contributed by atoms with Gasteiger partial charge in [-0.3, -0.25) is 0 Å². The number of nitrogens with zero attached hydrogens (tertiary/aromatic N) is 8. The first kappa shape index (κ1) is 16.3. The maximum absolute atomic E-state index is 10.8. The Kier molecular flexibility index (Phi) is 4.25. The summed E-state index contributed by atoms with van der Waals surface area (Å²) in [7, 11) is 1.53. The fraction of sp³-hybridized carbons (Fsp3) is 0.333. The first-order valence-corrected chi connectivity index (χ1v) is 5.04. The molecule has 16 heteroatoms. The van der Waals surface area contributed by atoms with Gasteiger partial charge in [0.2, 0.25) is 0 Å². The molecular formula is C6H6N8O8. The van der Waals surface area contributed by atoms with Crippen LogP contribution >= 0.6 is 0 Å². The molecule has 0 saturated carbocycles. The number of hydrazine groups is 2. The summed E-state index contributed by atoms with van der Waals surface area (Å²) in [5, 5.41) is 40.9. The third-order valence-electron chi connectivity index (χ3n) is 2.27. The molecule has 0 spiro atoms. The van der Waals surface area contributed by atoms with Crippen molar-refractivity contribution in [2.24, 2.45) is 0 Å². The van der Waals surface area contributed by atoms with Gasteiger partial charge in [-0.15, -0.1) is 0 Å². The minimum Gasteiger partial charge on any atom is -0.358 e. The van der Waals surface area contributed by atoms with Crippen LogP contribution in [0.4, 0.5) is 23.3 Å². The highest BCUT2D eigenvalue weighted by Gasteiger charge is 2.37. The van der Waals surface area contributed by atoms with E-state index in [1.165, 1.54) is 0 Å². The van der Waals surface area contributed by atoms with Crippen molar-refractivity contribution in [2.45, 2.75) is 0 Å². The van der Waals surface area contributed by atoms with Crippen LogP contribution in [0.2, 0.25) is 0 Å². The summed E-state index contributed by atoms with van der Waals surface area (Å²) in [6.45, 7) is 0. The second-order valence-electron chi connectivity index (χ2n) is 3.56. The monoisotopic (exact) mass is 318 g/mol. The molecule has 0 saturated heterocycles. The predicted molar refractivity (Wildman–Crippen MR) is 66.1 cm³/mol. The zero-order valence-corrected chi connectivity index (χ0v) is 10.8. The van der Waals surface area contributed by atoms with Gasteiger partial charge >= 0.3 is 11.6 Å². The molecule has 0 atom stereocenters. The lowest BCUT2D eigenvalue weighted by atomic mass is 10.5. The van der Waals surface area contributed by atoms with Gasteiger partial charge in [-0.2, -0.15) is 4.98 Å². The van der Waals surface area contributed by atoms with Gasteiger partial charge in [-0.05, 0) is 9.85 Å². The van der Waals surface area contributed by atoms with Gasteiger partial charge in [-0.25, -0.2) is 20.2 Å². The number of rotatable bonds is 6. The van der Waals surface area contributed by atoms with Crippen LogP contribution in [-0.2, 0) is 0 Å². The summed E-state index contributed by atoms with van der Waals surface area (Å²) in [5.41, 5.74) is 0. The zero-order chi connectivity index (χ0) is 17.2. The molecule has 0 aliphatic rings. The summed E-state index contributed by atoms with van der Waals surface area (Å²) >= 11 is 0. The number of anilines is 2. The topological polar surface area (TPSA) is 205 Å². The van der Waals surface area contributed by atoms with Gasteiger partial charge in [0.1, 0.15) is 0 Å². The van der Waals surface area contributed by atoms with E-state index >= 15 is 0 Å². The molecule has 0 aliphatic carbocycles. The Morgan fingerprint density at radius 2 is 1.05 bits per heavy atom. The lowest BCUT2D eigenvalue weighted by Crippen LogP contribution is -2.30. The van der Waals surface area contributed by atoms with E-state index in [4.69, 9.17) is 0 Å². The van der Waals surface area contributed by atoms with E-state index in [-0.39, 0.29) is 10.0 Å². The normalized spacial score (nSPS) is 9.91. The van der Waals surface area contributed by atoms with Gasteiger partial charge in [0, 0.05) is 4.98 Å². The van der Waals surface area contributed by atoms with Crippen molar-refractivity contribution in [3.63, 3.8) is 0 Å². The number of nitro groups is 4. The molecule has 0 aromatic carbocycles. The first-order valence-electron chi connectivity index (χ1n) is 5.04. The van der Waals surface area contributed by atoms with Crippen molar-refractivity contribution in [1.82, 2.24) is 9.97 Å². The van der Waals surface area contributed by atoms with Crippen LogP contribution in [0.1, 0.15) is 0 Å². The van der Waals surface area contributed by atoms with Crippen LogP contribution in [0.25, 0.3) is 0 Å². The SMILES string of the molecule is CN(c1nc(N(C)[N+](=O)[O-])c([N+](=O)[O-])nc1[N+](=O)[O-])[N+](=O)[O-]. The summed E-state index contributed by atoms with van der Waals surface area (Å²) in [6.07, 6.45) is 0. The van der Waals surface area contributed by atoms with Crippen LogP contribution in [0.3, 0.4) is 0 Å². The van der Waals surface area contributed by atoms with Crippen molar-refractivity contribution in [3.8, 4) is 0 Å². The average Bonchev–Trinajstić information content (AvgIpc) is 2.43. The Morgan fingerprint density at radius 1 is 0.727 bits per heavy atom. The maximum Gasteiger partial charge on any atom is 0.417 e. The summed E-state index contributed by atoms with van der Waals surface area (Å²) < 4.78 is 0. The van der Waals surface area contributed by atoms with E-state index in [1.807, 2.05) is 0 Å². The lowest BCUT2D eigenvalue weighted by Gasteiger charge is -2.11. The molecule has 0 fully saturated rings. The second-order valence-corrected chi connectivity index (χ2v) is 3.56. The van der Waals surface area contributed by atoms with E-state index in [9.17, 15) is 40.5 Å². The Hall–Kier alpha value is -3.72. The summed E-state index contributed by atoms with van der Waals surface area (Å²) in [6, 6.07) is 0. The third-order valence-corrected chi connectivity index (χ3v) is 2.27. The molecule has 0 N–H and O–H groups in total. The molecule has 0 bridgehead atoms. The minimum atomic E-state index is -1.29. The molecule has 0 unspecified atom stereocenters. The molecule has 22 heavy (non-hydrogen) atoms. The van der Waals surface area contributed by atoms with Crippen LogP contribution < -0.4 is 10.0 Å². The quantitative estimate of drug-likeness (QED) is 0.482. The molecule has 118 valence electrons. The molecule has 1 heterocycles. The molecule has 0 amide bonds. The van der Waals surface area contributed by atoms with Crippen molar-refractivity contribution >= 4 is 23.3 Å². The van der Waals surface area contributed by atoms with Crippen molar-refractivity contribution < 1.29 is 19.9 Å². The zero-order valence-electron chi connectivity index (χ0n) is 10.8. The molecule has 1 aromatic rings. The van der Waals surface area contributed by atoms with Gasteiger partial charge in [-0.1, -0.05) is 10.0 Å². The van der Waals surface area contributed by atoms with Crippen molar-refractivity contribution in [1.29, 1.82) is 0 Å². The molecule has 1 rings (SSSR count). The average molecular weight is 318 g/mol. The van der Waals surface area contributed by atoms with E-state index < -0.39 is 43.2 Å². The highest BCUT2D eigenvalue weighted by molar-refractivity contribution is 5.62. The van der Waals surface area contributed by atoms with E-state index in [0.717, 1.165) is 14.1 Å². The number of aromatic nitrogens is 2. The largest absolute Gasteiger partial charge is 0.417 e. The van der Waals surface area contributed by atoms with Gasteiger partial charge in [0.05, 0.1) is 14.1 Å². The van der Waals surface area contributed by atoms with Crippen LogP contribution in [0.5, 0.6) is 0 Å². The fourth-order valence-corrected chi connectivity index (χ4v) is 1.23. The van der Waals surface area contributed by atoms with Gasteiger partial charge < -0.3 is 20.2 Å². The van der Waals surface area contributed by atoms with Gasteiger partial charge in [0.15, 0.2) is 10.1 Å². The maximum atomic E-state index is 10.8. The smallest absolute Gasteiger partial charge is 0.358 e. The number of hydrogen-bond acceptors (Lipinski definition) is 10. The Morgan fingerprint density at radius 3 is 1.27 bits per heavy atom. The molecule has 0 radical (unpaired) electrons. The Labute approximate surface area is 119 Å². The minimum absolute atomic E-state index is 0.0617. The number of hydrogen-bond donors (Lipinski definition) is 0. The highest BCUT2D eigenvalue weighted by Crippen LogP contribution is 2.32. The van der Waals surface area contributed by atoms with Crippen molar-refractivity contribution in [3.05, 3.63) is 40.5 Å². The first-order chi connectivity index (χ1) is 10.1.